The minimum atomic E-state index is -0.584. The highest BCUT2D eigenvalue weighted by molar-refractivity contribution is 5.90. The first-order valence-corrected chi connectivity index (χ1v) is 9.37. The summed E-state index contributed by atoms with van der Waals surface area (Å²) in [5.74, 6) is 0.545. The number of rotatable bonds is 4. The highest BCUT2D eigenvalue weighted by Gasteiger charge is 2.32. The second-order valence-electron chi connectivity index (χ2n) is 7.24. The van der Waals surface area contributed by atoms with Gasteiger partial charge in [-0.05, 0) is 41.0 Å². The number of nitrogens with one attached hydrogen (secondary N) is 1. The Hall–Kier alpha value is -3.39. The van der Waals surface area contributed by atoms with Gasteiger partial charge in [0.05, 0.1) is 25.0 Å². The summed E-state index contributed by atoms with van der Waals surface area (Å²) in [7, 11) is 0. The van der Waals surface area contributed by atoms with Crippen LogP contribution in [0.3, 0.4) is 0 Å². The maximum atomic E-state index is 14.9. The Bertz CT molecular complexity index is 1070. The highest BCUT2D eigenvalue weighted by atomic mass is 19.1. The van der Waals surface area contributed by atoms with Crippen molar-refractivity contribution in [2.24, 2.45) is 0 Å². The third kappa shape index (κ3) is 3.11. The smallest absolute Gasteiger partial charge is 0.414 e. The summed E-state index contributed by atoms with van der Waals surface area (Å²) in [5.41, 5.74) is 4.03. The number of aromatic amines is 1. The fourth-order valence-corrected chi connectivity index (χ4v) is 3.89. The molecule has 1 saturated heterocycles. The van der Waals surface area contributed by atoms with Crippen LogP contribution < -0.4 is 9.80 Å². The van der Waals surface area contributed by atoms with Gasteiger partial charge in [-0.2, -0.15) is 5.10 Å². The number of amides is 1. The Balaban J connectivity index is 1.40. The largest absolute Gasteiger partial charge is 0.441 e. The van der Waals surface area contributed by atoms with Gasteiger partial charge in [0.1, 0.15) is 17.7 Å². The number of carbonyl (C=O) groups excluding carboxylic acids is 1. The van der Waals surface area contributed by atoms with Crippen LogP contribution >= 0.6 is 0 Å². The van der Waals surface area contributed by atoms with Crippen LogP contribution in [0.2, 0.25) is 0 Å². The maximum absolute atomic E-state index is 14.9. The van der Waals surface area contributed by atoms with Crippen LogP contribution in [0, 0.1) is 5.82 Å². The molecule has 0 aliphatic carbocycles. The van der Waals surface area contributed by atoms with Crippen LogP contribution in [-0.4, -0.2) is 40.7 Å². The Morgan fingerprint density at radius 2 is 2.03 bits per heavy atom. The first kappa shape index (κ1) is 17.7. The lowest BCUT2D eigenvalue weighted by molar-refractivity contribution is 0.0963. The summed E-state index contributed by atoms with van der Waals surface area (Å²) in [4.78, 5) is 15.4. The van der Waals surface area contributed by atoms with Crippen molar-refractivity contribution in [2.75, 3.05) is 23.0 Å². The lowest BCUT2D eigenvalue weighted by Crippen LogP contribution is -2.25. The third-order valence-corrected chi connectivity index (χ3v) is 5.41. The van der Waals surface area contributed by atoms with E-state index in [1.807, 2.05) is 24.3 Å². The minimum absolute atomic E-state index is 0.205. The molecule has 1 fully saturated rings. The SMILES string of the molecule is O=C1O[C@@H](CO)CN1c1ccc(-c2ccc3c(c2)CN(c2ccn[nH]2)C3)c(F)c1. The maximum Gasteiger partial charge on any atom is 0.414 e. The van der Waals surface area contributed by atoms with Gasteiger partial charge in [-0.15, -0.1) is 0 Å². The fraction of sp³-hybridized carbons (Fsp3) is 0.238. The van der Waals surface area contributed by atoms with Gasteiger partial charge in [0.2, 0.25) is 0 Å². The van der Waals surface area contributed by atoms with Crippen molar-refractivity contribution >= 4 is 17.6 Å². The van der Waals surface area contributed by atoms with Crippen LogP contribution in [0.15, 0.2) is 48.7 Å². The molecular weight excluding hydrogens is 375 g/mol. The average Bonchev–Trinajstić information content (AvgIpc) is 3.46. The summed E-state index contributed by atoms with van der Waals surface area (Å²) in [6, 6.07) is 12.6. The van der Waals surface area contributed by atoms with Crippen LogP contribution in [0.4, 0.5) is 20.7 Å². The molecule has 1 amide bonds. The molecule has 3 aromatic rings. The van der Waals surface area contributed by atoms with E-state index < -0.39 is 18.0 Å². The molecule has 148 valence electrons. The molecule has 7 nitrogen and oxygen atoms in total. The molecule has 0 radical (unpaired) electrons. The number of hydrogen-bond acceptors (Lipinski definition) is 5. The molecule has 0 bridgehead atoms. The molecule has 1 aromatic heterocycles. The molecule has 2 aliphatic rings. The van der Waals surface area contributed by atoms with Gasteiger partial charge < -0.3 is 14.7 Å². The number of aromatic nitrogens is 2. The Morgan fingerprint density at radius 3 is 2.76 bits per heavy atom. The first-order chi connectivity index (χ1) is 14.1. The van der Waals surface area contributed by atoms with Gasteiger partial charge in [0.25, 0.3) is 0 Å². The Kier molecular flexibility index (Phi) is 4.21. The zero-order valence-corrected chi connectivity index (χ0v) is 15.5. The number of fused-ring (bicyclic) bond motifs is 1. The molecule has 2 N–H and O–H groups in total. The molecular formula is C21H19FN4O3. The number of cyclic esters (lactones) is 1. The minimum Gasteiger partial charge on any atom is -0.441 e. The van der Waals surface area contributed by atoms with Crippen molar-refractivity contribution in [3.8, 4) is 11.1 Å². The molecule has 29 heavy (non-hydrogen) atoms. The van der Waals surface area contributed by atoms with Gasteiger partial charge >= 0.3 is 6.09 Å². The number of ether oxygens (including phenoxy) is 1. The highest BCUT2D eigenvalue weighted by Crippen LogP contribution is 2.33. The van der Waals surface area contributed by atoms with Gasteiger partial charge in [-0.1, -0.05) is 12.1 Å². The van der Waals surface area contributed by atoms with Crippen molar-refractivity contribution in [3.05, 3.63) is 65.6 Å². The number of anilines is 2. The quantitative estimate of drug-likeness (QED) is 0.711. The number of aliphatic hydroxyl groups excluding tert-OH is 1. The van der Waals surface area contributed by atoms with Crippen molar-refractivity contribution in [1.82, 2.24) is 10.2 Å². The van der Waals surface area contributed by atoms with E-state index in [1.165, 1.54) is 16.5 Å². The number of nitrogens with zero attached hydrogens (tertiary/aromatic N) is 3. The topological polar surface area (TPSA) is 81.7 Å². The number of hydrogen-bond donors (Lipinski definition) is 2. The number of halogens is 1. The molecule has 0 spiro atoms. The van der Waals surface area contributed by atoms with E-state index in [0.29, 0.717) is 11.3 Å². The average molecular weight is 394 g/mol. The molecule has 2 aliphatic heterocycles. The molecule has 1 atom stereocenters. The first-order valence-electron chi connectivity index (χ1n) is 9.37. The molecule has 0 saturated carbocycles. The van der Waals surface area contributed by atoms with Crippen LogP contribution in [-0.2, 0) is 17.8 Å². The second kappa shape index (κ2) is 6.89. The summed E-state index contributed by atoms with van der Waals surface area (Å²) in [5, 5.41) is 16.1. The predicted octanol–water partition coefficient (Wildman–Crippen LogP) is 3.05. The van der Waals surface area contributed by atoms with E-state index in [9.17, 15) is 9.18 Å². The van der Waals surface area contributed by atoms with E-state index in [1.54, 1.807) is 18.3 Å². The van der Waals surface area contributed by atoms with Crippen LogP contribution in [0.5, 0.6) is 0 Å². The standard InChI is InChI=1S/C21H19FN4O3/c22-19-8-16(26-11-17(12-27)29-21(26)28)3-4-18(19)13-1-2-14-9-25(10-15(14)7-13)20-5-6-23-24-20/h1-8,17,27H,9-12H2,(H,23,24)/t17-/m1/s1. The summed E-state index contributed by atoms with van der Waals surface area (Å²) >= 11 is 0. The van der Waals surface area contributed by atoms with E-state index in [2.05, 4.69) is 15.1 Å². The molecule has 3 heterocycles. The number of H-pyrrole nitrogens is 1. The summed E-state index contributed by atoms with van der Waals surface area (Å²) < 4.78 is 19.9. The molecule has 0 unspecified atom stereocenters. The van der Waals surface area contributed by atoms with Crippen molar-refractivity contribution < 1.29 is 19.0 Å². The third-order valence-electron chi connectivity index (χ3n) is 5.41. The Morgan fingerprint density at radius 1 is 1.17 bits per heavy atom. The van der Waals surface area contributed by atoms with Crippen LogP contribution in [0.25, 0.3) is 11.1 Å². The van der Waals surface area contributed by atoms with E-state index in [4.69, 9.17) is 9.84 Å². The van der Waals surface area contributed by atoms with Crippen molar-refractivity contribution in [3.63, 3.8) is 0 Å². The predicted molar refractivity (Wildman–Crippen MR) is 105 cm³/mol. The van der Waals surface area contributed by atoms with Crippen molar-refractivity contribution in [2.45, 2.75) is 19.2 Å². The van der Waals surface area contributed by atoms with E-state index in [0.717, 1.165) is 30.0 Å². The molecule has 8 heteroatoms. The lowest BCUT2D eigenvalue weighted by Gasteiger charge is -2.14. The number of carbonyl (C=O) groups is 1. The van der Waals surface area contributed by atoms with Crippen LogP contribution in [0.1, 0.15) is 11.1 Å². The summed E-state index contributed by atoms with van der Waals surface area (Å²) in [6.07, 6.45) is 0.562. The Labute approximate surface area is 166 Å². The van der Waals surface area contributed by atoms with Gasteiger partial charge in [0, 0.05) is 24.7 Å². The molecule has 2 aromatic carbocycles. The number of benzene rings is 2. The zero-order valence-electron chi connectivity index (χ0n) is 15.5. The van der Waals surface area contributed by atoms with E-state index in [-0.39, 0.29) is 13.2 Å². The lowest BCUT2D eigenvalue weighted by atomic mass is 10.00. The fourth-order valence-electron chi connectivity index (χ4n) is 3.89. The van der Waals surface area contributed by atoms with Gasteiger partial charge in [-0.25, -0.2) is 9.18 Å². The zero-order chi connectivity index (χ0) is 20.0. The monoisotopic (exact) mass is 394 g/mol. The number of aliphatic hydroxyl groups is 1. The van der Waals surface area contributed by atoms with Gasteiger partial charge in [-0.3, -0.25) is 10.00 Å². The van der Waals surface area contributed by atoms with E-state index >= 15 is 0 Å². The normalized spacial score (nSPS) is 18.3. The second-order valence-corrected chi connectivity index (χ2v) is 7.24. The molecule has 5 rings (SSSR count). The van der Waals surface area contributed by atoms with Gasteiger partial charge in [0.15, 0.2) is 0 Å². The van der Waals surface area contributed by atoms with Crippen molar-refractivity contribution in [1.29, 1.82) is 0 Å². The summed E-state index contributed by atoms with van der Waals surface area (Å²) in [6.45, 7) is 1.46.